The van der Waals surface area contributed by atoms with Gasteiger partial charge in [-0.15, -0.1) is 0 Å². The van der Waals surface area contributed by atoms with Crippen LogP contribution in [0.15, 0.2) is 18.3 Å². The SMILES string of the molecule is COCCCN(CCOC)c1ccc([C@H](C)O)cn1. The Kier molecular flexibility index (Phi) is 7.40. The lowest BCUT2D eigenvalue weighted by Crippen LogP contribution is -2.29. The molecule has 0 aromatic carbocycles. The third kappa shape index (κ3) is 5.55. The summed E-state index contributed by atoms with van der Waals surface area (Å²) < 4.78 is 10.2. The molecular formula is C14H24N2O3. The molecule has 0 bridgehead atoms. The van der Waals surface area contributed by atoms with Crippen LogP contribution in [-0.2, 0) is 9.47 Å². The number of rotatable bonds is 9. The molecule has 0 saturated carbocycles. The lowest BCUT2D eigenvalue weighted by Gasteiger charge is -2.23. The molecule has 0 aliphatic heterocycles. The molecule has 5 heteroatoms. The van der Waals surface area contributed by atoms with Crippen LogP contribution >= 0.6 is 0 Å². The van der Waals surface area contributed by atoms with Gasteiger partial charge in [0.1, 0.15) is 5.82 Å². The van der Waals surface area contributed by atoms with E-state index in [9.17, 15) is 5.11 Å². The molecule has 1 N–H and O–H groups in total. The highest BCUT2D eigenvalue weighted by atomic mass is 16.5. The highest BCUT2D eigenvalue weighted by Crippen LogP contribution is 2.16. The van der Waals surface area contributed by atoms with Crippen molar-refractivity contribution in [1.29, 1.82) is 0 Å². The molecule has 0 radical (unpaired) electrons. The average molecular weight is 268 g/mol. The zero-order valence-electron chi connectivity index (χ0n) is 12.0. The average Bonchev–Trinajstić information content (AvgIpc) is 2.43. The van der Waals surface area contributed by atoms with Gasteiger partial charge in [-0.3, -0.25) is 0 Å². The van der Waals surface area contributed by atoms with Gasteiger partial charge in [-0.25, -0.2) is 4.98 Å². The van der Waals surface area contributed by atoms with E-state index in [1.807, 2.05) is 12.1 Å². The third-order valence-corrected chi connectivity index (χ3v) is 2.92. The third-order valence-electron chi connectivity index (χ3n) is 2.92. The summed E-state index contributed by atoms with van der Waals surface area (Å²) in [5.41, 5.74) is 0.826. The number of aliphatic hydroxyl groups is 1. The van der Waals surface area contributed by atoms with Crippen molar-refractivity contribution >= 4 is 5.82 Å². The van der Waals surface area contributed by atoms with E-state index in [0.29, 0.717) is 6.61 Å². The number of aromatic nitrogens is 1. The van der Waals surface area contributed by atoms with Crippen LogP contribution in [0.2, 0.25) is 0 Å². The maximum atomic E-state index is 9.48. The van der Waals surface area contributed by atoms with E-state index in [4.69, 9.17) is 9.47 Å². The van der Waals surface area contributed by atoms with Crippen LogP contribution in [0.4, 0.5) is 5.82 Å². The first-order valence-electron chi connectivity index (χ1n) is 6.56. The molecule has 0 fully saturated rings. The van der Waals surface area contributed by atoms with Crippen molar-refractivity contribution in [2.45, 2.75) is 19.4 Å². The summed E-state index contributed by atoms with van der Waals surface area (Å²) in [5, 5.41) is 9.48. The number of nitrogens with zero attached hydrogens (tertiary/aromatic N) is 2. The monoisotopic (exact) mass is 268 g/mol. The van der Waals surface area contributed by atoms with Crippen LogP contribution in [0.1, 0.15) is 25.0 Å². The number of anilines is 1. The van der Waals surface area contributed by atoms with Crippen molar-refractivity contribution in [3.63, 3.8) is 0 Å². The molecule has 1 aromatic heterocycles. The van der Waals surface area contributed by atoms with Crippen molar-refractivity contribution < 1.29 is 14.6 Å². The highest BCUT2D eigenvalue weighted by molar-refractivity contribution is 5.39. The Morgan fingerprint density at radius 1 is 1.21 bits per heavy atom. The Bertz CT molecular complexity index is 341. The second kappa shape index (κ2) is 8.85. The van der Waals surface area contributed by atoms with E-state index in [1.54, 1.807) is 27.3 Å². The standard InChI is InChI=1S/C14H24N2O3/c1-12(17)13-5-6-14(15-11-13)16(8-10-19-3)7-4-9-18-2/h5-6,11-12,17H,4,7-10H2,1-3H3/t12-/m0/s1. The van der Waals surface area contributed by atoms with Gasteiger partial charge in [-0.1, -0.05) is 6.07 Å². The minimum absolute atomic E-state index is 0.484. The Balaban J connectivity index is 2.66. The van der Waals surface area contributed by atoms with Crippen molar-refractivity contribution in [3.8, 4) is 0 Å². The Morgan fingerprint density at radius 3 is 2.47 bits per heavy atom. The number of methoxy groups -OCH3 is 2. The summed E-state index contributed by atoms with van der Waals surface area (Å²) in [7, 11) is 3.40. The first-order chi connectivity index (χ1) is 9.19. The lowest BCUT2D eigenvalue weighted by atomic mass is 10.2. The first-order valence-corrected chi connectivity index (χ1v) is 6.56. The fraction of sp³-hybridized carbons (Fsp3) is 0.643. The second-order valence-electron chi connectivity index (χ2n) is 4.45. The summed E-state index contributed by atoms with van der Waals surface area (Å²) >= 11 is 0. The highest BCUT2D eigenvalue weighted by Gasteiger charge is 2.08. The smallest absolute Gasteiger partial charge is 0.128 e. The number of hydrogen-bond acceptors (Lipinski definition) is 5. The second-order valence-corrected chi connectivity index (χ2v) is 4.45. The van der Waals surface area contributed by atoms with Gasteiger partial charge in [0.25, 0.3) is 0 Å². The fourth-order valence-electron chi connectivity index (χ4n) is 1.77. The number of ether oxygens (including phenoxy) is 2. The Morgan fingerprint density at radius 2 is 1.95 bits per heavy atom. The van der Waals surface area contributed by atoms with Crippen LogP contribution < -0.4 is 4.90 Å². The van der Waals surface area contributed by atoms with E-state index in [2.05, 4.69) is 9.88 Å². The number of hydrogen-bond donors (Lipinski definition) is 1. The fourth-order valence-corrected chi connectivity index (χ4v) is 1.77. The minimum Gasteiger partial charge on any atom is -0.389 e. The van der Waals surface area contributed by atoms with Gasteiger partial charge in [-0.2, -0.15) is 0 Å². The summed E-state index contributed by atoms with van der Waals surface area (Å²) in [6, 6.07) is 3.84. The Labute approximate surface area is 115 Å². The largest absolute Gasteiger partial charge is 0.389 e. The summed E-state index contributed by atoms with van der Waals surface area (Å²) in [4.78, 5) is 6.56. The quantitative estimate of drug-likeness (QED) is 0.690. The molecule has 5 nitrogen and oxygen atoms in total. The maximum Gasteiger partial charge on any atom is 0.128 e. The van der Waals surface area contributed by atoms with E-state index in [0.717, 1.165) is 37.5 Å². The van der Waals surface area contributed by atoms with Crippen molar-refractivity contribution in [2.24, 2.45) is 0 Å². The molecule has 0 amide bonds. The molecule has 0 saturated heterocycles. The van der Waals surface area contributed by atoms with Gasteiger partial charge in [0.2, 0.25) is 0 Å². The van der Waals surface area contributed by atoms with Crippen LogP contribution in [0.25, 0.3) is 0 Å². The molecule has 0 aliphatic rings. The lowest BCUT2D eigenvalue weighted by molar-refractivity contribution is 0.190. The van der Waals surface area contributed by atoms with E-state index in [1.165, 1.54) is 0 Å². The Hall–Kier alpha value is -1.17. The summed E-state index contributed by atoms with van der Waals surface area (Å²) in [6.45, 7) is 4.79. The normalized spacial score (nSPS) is 12.4. The number of pyridine rings is 1. The molecule has 0 aliphatic carbocycles. The van der Waals surface area contributed by atoms with Crippen LogP contribution in [-0.4, -0.2) is 50.6 Å². The molecule has 108 valence electrons. The minimum atomic E-state index is -0.484. The van der Waals surface area contributed by atoms with E-state index in [-0.39, 0.29) is 0 Å². The van der Waals surface area contributed by atoms with Gasteiger partial charge >= 0.3 is 0 Å². The maximum absolute atomic E-state index is 9.48. The van der Waals surface area contributed by atoms with Gasteiger partial charge < -0.3 is 19.5 Å². The topological polar surface area (TPSA) is 54.8 Å². The molecule has 1 heterocycles. The zero-order chi connectivity index (χ0) is 14.1. The summed E-state index contributed by atoms with van der Waals surface area (Å²) in [6.07, 6.45) is 2.18. The van der Waals surface area contributed by atoms with Gasteiger partial charge in [-0.05, 0) is 25.0 Å². The van der Waals surface area contributed by atoms with Gasteiger partial charge in [0.05, 0.1) is 12.7 Å². The molecule has 1 rings (SSSR count). The van der Waals surface area contributed by atoms with Gasteiger partial charge in [0.15, 0.2) is 0 Å². The van der Waals surface area contributed by atoms with Gasteiger partial charge in [0, 0.05) is 40.1 Å². The van der Waals surface area contributed by atoms with E-state index >= 15 is 0 Å². The molecule has 19 heavy (non-hydrogen) atoms. The summed E-state index contributed by atoms with van der Waals surface area (Å²) in [5.74, 6) is 0.901. The van der Waals surface area contributed by atoms with Crippen LogP contribution in [0, 0.1) is 0 Å². The van der Waals surface area contributed by atoms with Crippen LogP contribution in [0.3, 0.4) is 0 Å². The number of aliphatic hydroxyl groups excluding tert-OH is 1. The first kappa shape index (κ1) is 15.9. The predicted octanol–water partition coefficient (Wildman–Crippen LogP) is 1.62. The van der Waals surface area contributed by atoms with Crippen LogP contribution in [0.5, 0.6) is 0 Å². The van der Waals surface area contributed by atoms with Crippen molar-refractivity contribution in [2.75, 3.05) is 45.4 Å². The molecule has 1 atom stereocenters. The molecule has 0 spiro atoms. The van der Waals surface area contributed by atoms with Crippen molar-refractivity contribution in [3.05, 3.63) is 23.9 Å². The van der Waals surface area contributed by atoms with E-state index < -0.39 is 6.10 Å². The molecule has 0 unspecified atom stereocenters. The zero-order valence-corrected chi connectivity index (χ0v) is 12.0. The molecular weight excluding hydrogens is 244 g/mol. The predicted molar refractivity (Wildman–Crippen MR) is 75.5 cm³/mol. The molecule has 1 aromatic rings. The van der Waals surface area contributed by atoms with Crippen molar-refractivity contribution in [1.82, 2.24) is 4.98 Å².